The average Bonchev–Trinajstić information content (AvgIpc) is 3.03. The number of nitrogens with zero attached hydrogens (tertiary/aromatic N) is 1. The van der Waals surface area contributed by atoms with Crippen LogP contribution >= 0.6 is 0 Å². The number of furan rings is 1. The third-order valence-electron chi connectivity index (χ3n) is 3.37. The van der Waals surface area contributed by atoms with Gasteiger partial charge in [0.15, 0.2) is 0 Å². The Morgan fingerprint density at radius 3 is 2.36 bits per heavy atom. The average molecular weight is 297 g/mol. The van der Waals surface area contributed by atoms with Gasteiger partial charge in [-0.3, -0.25) is 20.2 Å². The number of hydrogen-bond donors (Lipinski definition) is 2. The van der Waals surface area contributed by atoms with Crippen molar-refractivity contribution in [2.75, 3.05) is 0 Å². The third kappa shape index (κ3) is 3.22. The molecule has 6 nitrogen and oxygen atoms in total. The molecular formula is C16H15N3O3. The maximum atomic E-state index is 12.1. The van der Waals surface area contributed by atoms with Gasteiger partial charge in [-0.2, -0.15) is 0 Å². The summed E-state index contributed by atoms with van der Waals surface area (Å²) in [4.78, 5) is 28.3. The first-order valence-corrected chi connectivity index (χ1v) is 6.95. The van der Waals surface area contributed by atoms with E-state index in [1.54, 1.807) is 18.4 Å². The highest BCUT2D eigenvalue weighted by atomic mass is 16.3. The van der Waals surface area contributed by atoms with Crippen molar-refractivity contribution in [1.29, 1.82) is 0 Å². The van der Waals surface area contributed by atoms with Gasteiger partial charge in [0.25, 0.3) is 0 Å². The predicted octanol–water partition coefficient (Wildman–Crippen LogP) is 1.24. The largest absolute Gasteiger partial charge is 0.467 e. The Morgan fingerprint density at radius 2 is 1.73 bits per heavy atom. The highest BCUT2D eigenvalue weighted by Gasteiger charge is 2.33. The Labute approximate surface area is 127 Å². The second-order valence-electron chi connectivity index (χ2n) is 4.97. The summed E-state index contributed by atoms with van der Waals surface area (Å²) >= 11 is 0. The number of carbonyl (C=O) groups is 2. The maximum absolute atomic E-state index is 12.1. The molecule has 0 unspecified atom stereocenters. The minimum absolute atomic E-state index is 0.163. The molecule has 2 amide bonds. The molecule has 2 aromatic rings. The number of carbonyl (C=O) groups excluding carboxylic acids is 2. The standard InChI is InChI=1S/C16H15N3O3/c20-14-13(9-11-5-2-1-3-6-11)15(21)19-16(18-14)17-10-12-7-4-8-22-12/h1-8,13H,9-10H2,(H2,17,18,19,20,21). The van der Waals surface area contributed by atoms with Crippen molar-refractivity contribution in [3.05, 3.63) is 60.1 Å². The highest BCUT2D eigenvalue weighted by Crippen LogP contribution is 2.12. The van der Waals surface area contributed by atoms with Crippen LogP contribution in [0.5, 0.6) is 0 Å². The van der Waals surface area contributed by atoms with Gasteiger partial charge in [0, 0.05) is 0 Å². The molecule has 112 valence electrons. The van der Waals surface area contributed by atoms with Crippen LogP contribution in [0.1, 0.15) is 11.3 Å². The van der Waals surface area contributed by atoms with E-state index in [1.807, 2.05) is 30.3 Å². The number of guanidine groups is 1. The van der Waals surface area contributed by atoms with Crippen molar-refractivity contribution in [3.8, 4) is 0 Å². The SMILES string of the molecule is O=C1NC(=NCc2ccco2)NC(=O)C1Cc1ccccc1. The quantitative estimate of drug-likeness (QED) is 0.833. The molecule has 1 aromatic carbocycles. The van der Waals surface area contributed by atoms with Crippen LogP contribution in [0.4, 0.5) is 0 Å². The lowest BCUT2D eigenvalue weighted by atomic mass is 9.96. The van der Waals surface area contributed by atoms with E-state index < -0.39 is 5.92 Å². The molecule has 0 aliphatic carbocycles. The van der Waals surface area contributed by atoms with Crippen LogP contribution in [0.3, 0.4) is 0 Å². The summed E-state index contributed by atoms with van der Waals surface area (Å²) in [6.45, 7) is 0.256. The van der Waals surface area contributed by atoms with E-state index in [1.165, 1.54) is 0 Å². The summed E-state index contributed by atoms with van der Waals surface area (Å²) in [7, 11) is 0. The Balaban J connectivity index is 1.65. The zero-order valence-corrected chi connectivity index (χ0v) is 11.8. The van der Waals surface area contributed by atoms with E-state index in [-0.39, 0.29) is 24.3 Å². The van der Waals surface area contributed by atoms with E-state index in [9.17, 15) is 9.59 Å². The first kappa shape index (κ1) is 14.1. The zero-order valence-electron chi connectivity index (χ0n) is 11.8. The molecule has 2 N–H and O–H groups in total. The van der Waals surface area contributed by atoms with Crippen LogP contribution in [0.15, 0.2) is 58.1 Å². The Hall–Kier alpha value is -2.89. The van der Waals surface area contributed by atoms with Gasteiger partial charge in [0.2, 0.25) is 17.8 Å². The summed E-state index contributed by atoms with van der Waals surface area (Å²) < 4.78 is 5.15. The number of hydrogen-bond acceptors (Lipinski definition) is 4. The summed E-state index contributed by atoms with van der Waals surface area (Å²) in [5.41, 5.74) is 0.939. The fourth-order valence-corrected chi connectivity index (χ4v) is 2.23. The second-order valence-corrected chi connectivity index (χ2v) is 4.97. The molecular weight excluding hydrogens is 282 g/mol. The van der Waals surface area contributed by atoms with Crippen LogP contribution in [-0.2, 0) is 22.6 Å². The molecule has 0 atom stereocenters. The van der Waals surface area contributed by atoms with Gasteiger partial charge in [-0.15, -0.1) is 0 Å². The summed E-state index contributed by atoms with van der Waals surface area (Å²) in [5.74, 6) is -0.611. The van der Waals surface area contributed by atoms with Gasteiger partial charge in [-0.1, -0.05) is 30.3 Å². The Morgan fingerprint density at radius 1 is 1.00 bits per heavy atom. The van der Waals surface area contributed by atoms with Gasteiger partial charge < -0.3 is 4.42 Å². The molecule has 0 bridgehead atoms. The normalized spacial score (nSPS) is 17.8. The van der Waals surface area contributed by atoms with E-state index in [4.69, 9.17) is 4.42 Å². The van der Waals surface area contributed by atoms with Crippen LogP contribution in [0, 0.1) is 5.92 Å². The molecule has 1 aliphatic heterocycles. The lowest BCUT2D eigenvalue weighted by Gasteiger charge is -2.23. The lowest BCUT2D eigenvalue weighted by molar-refractivity contribution is -0.135. The molecule has 0 saturated carbocycles. The number of rotatable bonds is 4. The third-order valence-corrected chi connectivity index (χ3v) is 3.37. The molecule has 0 spiro atoms. The molecule has 6 heteroatoms. The lowest BCUT2D eigenvalue weighted by Crippen LogP contribution is -2.57. The number of aliphatic imine (C=N–C) groups is 1. The fourth-order valence-electron chi connectivity index (χ4n) is 2.23. The van der Waals surface area contributed by atoms with Crippen molar-refractivity contribution in [1.82, 2.24) is 10.6 Å². The van der Waals surface area contributed by atoms with Crippen molar-refractivity contribution in [2.45, 2.75) is 13.0 Å². The molecule has 22 heavy (non-hydrogen) atoms. The molecule has 3 rings (SSSR count). The van der Waals surface area contributed by atoms with Crippen LogP contribution < -0.4 is 10.6 Å². The van der Waals surface area contributed by atoms with Gasteiger partial charge in [0.05, 0.1) is 6.26 Å². The van der Waals surface area contributed by atoms with E-state index >= 15 is 0 Å². The van der Waals surface area contributed by atoms with Crippen molar-refractivity contribution in [2.24, 2.45) is 10.9 Å². The predicted molar refractivity (Wildman–Crippen MR) is 79.8 cm³/mol. The summed E-state index contributed by atoms with van der Waals surface area (Å²) in [6.07, 6.45) is 1.91. The maximum Gasteiger partial charge on any atom is 0.239 e. The van der Waals surface area contributed by atoms with Gasteiger partial charge in [-0.05, 0) is 24.1 Å². The van der Waals surface area contributed by atoms with Crippen molar-refractivity contribution >= 4 is 17.8 Å². The molecule has 1 aromatic heterocycles. The number of benzene rings is 1. The molecule has 1 saturated heterocycles. The van der Waals surface area contributed by atoms with Crippen molar-refractivity contribution < 1.29 is 14.0 Å². The van der Waals surface area contributed by atoms with Gasteiger partial charge in [-0.25, -0.2) is 4.99 Å². The topological polar surface area (TPSA) is 83.7 Å². The first-order chi connectivity index (χ1) is 10.7. The van der Waals surface area contributed by atoms with E-state index in [0.717, 1.165) is 5.56 Å². The minimum atomic E-state index is -0.745. The second kappa shape index (κ2) is 6.26. The number of amides is 2. The smallest absolute Gasteiger partial charge is 0.239 e. The summed E-state index contributed by atoms with van der Waals surface area (Å²) in [5, 5.41) is 5.23. The molecule has 0 radical (unpaired) electrons. The molecule has 1 aliphatic rings. The monoisotopic (exact) mass is 297 g/mol. The molecule has 2 heterocycles. The zero-order chi connectivity index (χ0) is 15.4. The van der Waals surface area contributed by atoms with Crippen LogP contribution in [-0.4, -0.2) is 17.8 Å². The molecule has 1 fully saturated rings. The fraction of sp³-hybridized carbons (Fsp3) is 0.188. The highest BCUT2D eigenvalue weighted by molar-refractivity contribution is 6.17. The van der Waals surface area contributed by atoms with Gasteiger partial charge >= 0.3 is 0 Å². The Kier molecular flexibility index (Phi) is 4.00. The Bertz CT molecular complexity index is 673. The minimum Gasteiger partial charge on any atom is -0.467 e. The van der Waals surface area contributed by atoms with E-state index in [0.29, 0.717) is 12.2 Å². The van der Waals surface area contributed by atoms with Crippen molar-refractivity contribution in [3.63, 3.8) is 0 Å². The summed E-state index contributed by atoms with van der Waals surface area (Å²) in [6, 6.07) is 13.0. The van der Waals surface area contributed by atoms with E-state index in [2.05, 4.69) is 15.6 Å². The first-order valence-electron chi connectivity index (χ1n) is 6.95. The van der Waals surface area contributed by atoms with Crippen LogP contribution in [0.25, 0.3) is 0 Å². The van der Waals surface area contributed by atoms with Crippen LogP contribution in [0.2, 0.25) is 0 Å². The van der Waals surface area contributed by atoms with Gasteiger partial charge in [0.1, 0.15) is 18.2 Å². The number of nitrogens with one attached hydrogen (secondary N) is 2.